The maximum Gasteiger partial charge on any atom is 0.275 e. The summed E-state index contributed by atoms with van der Waals surface area (Å²) in [6, 6.07) is 39.0. The predicted octanol–water partition coefficient (Wildman–Crippen LogP) is 6.74. The van der Waals surface area contributed by atoms with Crippen LogP contribution in [-0.4, -0.2) is 0 Å². The Labute approximate surface area is 190 Å². The standard InChI is InChI=1S/C29H19NOS/c31-28-27(25-18-8-12-20-10-4-6-16-23(20)25)32-29(30(28)22-14-2-1-3-15-22)26-19-9-13-21-11-5-7-17-24(21)26/h1-19H. The first-order valence-electron chi connectivity index (χ1n) is 10.6. The van der Waals surface area contributed by atoms with Gasteiger partial charge in [-0.3, -0.25) is 0 Å². The SMILES string of the molecule is [O-]c1c(-c2cccc3ccccc23)sc(-c2cccc3ccccc23)[n+]1-c1ccccc1. The topological polar surface area (TPSA) is 26.9 Å². The van der Waals surface area contributed by atoms with E-state index in [1.165, 1.54) is 0 Å². The summed E-state index contributed by atoms with van der Waals surface area (Å²) in [7, 11) is 0. The molecule has 152 valence electrons. The summed E-state index contributed by atoms with van der Waals surface area (Å²) in [6.07, 6.45) is 0. The molecule has 0 spiro atoms. The van der Waals surface area contributed by atoms with Crippen molar-refractivity contribution in [2.24, 2.45) is 0 Å². The largest absolute Gasteiger partial charge is 0.822 e. The van der Waals surface area contributed by atoms with Crippen LogP contribution >= 0.6 is 11.3 Å². The summed E-state index contributed by atoms with van der Waals surface area (Å²) < 4.78 is 1.86. The second-order valence-electron chi connectivity index (χ2n) is 7.77. The maximum absolute atomic E-state index is 13.9. The number of aromatic nitrogens is 1. The van der Waals surface area contributed by atoms with E-state index in [4.69, 9.17) is 0 Å². The van der Waals surface area contributed by atoms with Gasteiger partial charge in [-0.05, 0) is 27.6 Å². The first-order chi connectivity index (χ1) is 15.8. The molecular formula is C29H19NOS. The second kappa shape index (κ2) is 7.63. The van der Waals surface area contributed by atoms with Gasteiger partial charge >= 0.3 is 0 Å². The highest BCUT2D eigenvalue weighted by Gasteiger charge is 2.27. The quantitative estimate of drug-likeness (QED) is 0.286. The Morgan fingerprint density at radius 3 is 1.75 bits per heavy atom. The Morgan fingerprint density at radius 2 is 1.06 bits per heavy atom. The molecule has 0 atom stereocenters. The van der Waals surface area contributed by atoms with Crippen molar-refractivity contribution < 1.29 is 9.67 Å². The normalized spacial score (nSPS) is 11.2. The van der Waals surface area contributed by atoms with Crippen molar-refractivity contribution in [2.45, 2.75) is 0 Å². The molecule has 5 aromatic carbocycles. The zero-order chi connectivity index (χ0) is 21.5. The highest BCUT2D eigenvalue weighted by molar-refractivity contribution is 7.18. The van der Waals surface area contributed by atoms with E-state index in [0.717, 1.165) is 48.2 Å². The Hall–Kier alpha value is -3.95. The van der Waals surface area contributed by atoms with E-state index in [2.05, 4.69) is 60.7 Å². The van der Waals surface area contributed by atoms with Crippen molar-refractivity contribution in [2.75, 3.05) is 0 Å². The van der Waals surface area contributed by atoms with E-state index in [0.29, 0.717) is 0 Å². The molecule has 0 aliphatic heterocycles. The average molecular weight is 430 g/mol. The Kier molecular flexibility index (Phi) is 4.48. The molecule has 0 aliphatic rings. The summed E-state index contributed by atoms with van der Waals surface area (Å²) in [5.41, 5.74) is 2.93. The molecule has 0 unspecified atom stereocenters. The van der Waals surface area contributed by atoms with Gasteiger partial charge in [-0.1, -0.05) is 108 Å². The van der Waals surface area contributed by atoms with Gasteiger partial charge in [0.2, 0.25) is 5.69 Å². The fourth-order valence-corrected chi connectivity index (χ4v) is 5.60. The van der Waals surface area contributed by atoms with Crippen LogP contribution in [0.3, 0.4) is 0 Å². The summed E-state index contributed by atoms with van der Waals surface area (Å²) >= 11 is 1.57. The Balaban J connectivity index is 1.70. The molecule has 0 radical (unpaired) electrons. The molecule has 0 bridgehead atoms. The smallest absolute Gasteiger partial charge is 0.275 e. The number of rotatable bonds is 3. The molecule has 0 N–H and O–H groups in total. The number of nitrogens with zero attached hydrogens (tertiary/aromatic N) is 1. The van der Waals surface area contributed by atoms with Crippen molar-refractivity contribution >= 4 is 32.9 Å². The molecule has 0 fully saturated rings. The van der Waals surface area contributed by atoms with Crippen molar-refractivity contribution in [3.05, 3.63) is 115 Å². The number of hydrogen-bond acceptors (Lipinski definition) is 2. The minimum Gasteiger partial charge on any atom is -0.822 e. The van der Waals surface area contributed by atoms with Crippen LogP contribution < -0.4 is 9.67 Å². The van der Waals surface area contributed by atoms with Crippen LogP contribution in [-0.2, 0) is 0 Å². The van der Waals surface area contributed by atoms with Gasteiger partial charge in [0, 0.05) is 17.7 Å². The molecule has 0 amide bonds. The van der Waals surface area contributed by atoms with Crippen LogP contribution in [0.25, 0.3) is 48.2 Å². The molecule has 1 heterocycles. The number of hydrogen-bond donors (Lipinski definition) is 0. The molecule has 0 saturated carbocycles. The molecule has 32 heavy (non-hydrogen) atoms. The zero-order valence-electron chi connectivity index (χ0n) is 17.2. The van der Waals surface area contributed by atoms with Crippen LogP contribution in [0.4, 0.5) is 0 Å². The van der Waals surface area contributed by atoms with E-state index in [-0.39, 0.29) is 5.88 Å². The van der Waals surface area contributed by atoms with Gasteiger partial charge in [0.15, 0.2) is 5.88 Å². The van der Waals surface area contributed by atoms with Crippen LogP contribution in [0.1, 0.15) is 0 Å². The minimum atomic E-state index is 0.0143. The fourth-order valence-electron chi connectivity index (χ4n) is 4.37. The molecule has 6 rings (SSSR count). The monoisotopic (exact) mass is 429 g/mol. The first kappa shape index (κ1) is 18.8. The van der Waals surface area contributed by atoms with E-state index in [9.17, 15) is 5.11 Å². The fraction of sp³-hybridized carbons (Fsp3) is 0. The lowest BCUT2D eigenvalue weighted by Gasteiger charge is -2.08. The van der Waals surface area contributed by atoms with Crippen LogP contribution in [0.5, 0.6) is 5.88 Å². The molecule has 3 heteroatoms. The van der Waals surface area contributed by atoms with Crippen molar-refractivity contribution in [1.82, 2.24) is 0 Å². The predicted molar refractivity (Wildman–Crippen MR) is 131 cm³/mol. The average Bonchev–Trinajstić information content (AvgIpc) is 3.20. The molecule has 0 saturated heterocycles. The van der Waals surface area contributed by atoms with Crippen molar-refractivity contribution in [3.63, 3.8) is 0 Å². The van der Waals surface area contributed by atoms with Gasteiger partial charge in [-0.15, -0.1) is 0 Å². The molecule has 1 aromatic heterocycles. The lowest BCUT2D eigenvalue weighted by atomic mass is 10.0. The number of benzene rings is 5. The summed E-state index contributed by atoms with van der Waals surface area (Å²) in [4.78, 5) is 0.758. The minimum absolute atomic E-state index is 0.0143. The third kappa shape index (κ3) is 2.98. The van der Waals surface area contributed by atoms with Crippen molar-refractivity contribution in [3.8, 4) is 32.6 Å². The molecule has 2 nitrogen and oxygen atoms in total. The van der Waals surface area contributed by atoms with Gasteiger partial charge in [0.1, 0.15) is 0 Å². The van der Waals surface area contributed by atoms with Gasteiger partial charge in [-0.2, -0.15) is 4.57 Å². The summed E-state index contributed by atoms with van der Waals surface area (Å²) in [5.74, 6) is 0.0143. The zero-order valence-corrected chi connectivity index (χ0v) is 18.0. The Bertz CT molecular complexity index is 1570. The molecule has 0 aliphatic carbocycles. The lowest BCUT2D eigenvalue weighted by Crippen LogP contribution is -2.34. The highest BCUT2D eigenvalue weighted by Crippen LogP contribution is 2.42. The van der Waals surface area contributed by atoms with Crippen LogP contribution in [0, 0.1) is 0 Å². The van der Waals surface area contributed by atoms with Gasteiger partial charge in [0.25, 0.3) is 5.01 Å². The number of fused-ring (bicyclic) bond motifs is 2. The third-order valence-corrected chi connectivity index (χ3v) is 7.06. The lowest BCUT2D eigenvalue weighted by molar-refractivity contribution is -0.636. The third-order valence-electron chi connectivity index (χ3n) is 5.87. The molecular weight excluding hydrogens is 410 g/mol. The van der Waals surface area contributed by atoms with E-state index >= 15 is 0 Å². The number of thiazole rings is 1. The van der Waals surface area contributed by atoms with Crippen LogP contribution in [0.15, 0.2) is 115 Å². The van der Waals surface area contributed by atoms with E-state index in [1.807, 2.05) is 59.2 Å². The second-order valence-corrected chi connectivity index (χ2v) is 8.76. The summed E-state index contributed by atoms with van der Waals surface area (Å²) in [5, 5.41) is 19.4. The van der Waals surface area contributed by atoms with Crippen molar-refractivity contribution in [1.29, 1.82) is 0 Å². The maximum atomic E-state index is 13.9. The van der Waals surface area contributed by atoms with Gasteiger partial charge in [0.05, 0.1) is 10.4 Å². The highest BCUT2D eigenvalue weighted by atomic mass is 32.1. The van der Waals surface area contributed by atoms with E-state index < -0.39 is 0 Å². The number of para-hydroxylation sites is 1. The van der Waals surface area contributed by atoms with E-state index in [1.54, 1.807) is 11.3 Å². The summed E-state index contributed by atoms with van der Waals surface area (Å²) in [6.45, 7) is 0. The first-order valence-corrected chi connectivity index (χ1v) is 11.4. The van der Waals surface area contributed by atoms with Gasteiger partial charge in [-0.25, -0.2) is 0 Å². The van der Waals surface area contributed by atoms with Crippen LogP contribution in [0.2, 0.25) is 0 Å². The molecule has 6 aromatic rings. The Morgan fingerprint density at radius 1 is 0.531 bits per heavy atom. The van der Waals surface area contributed by atoms with Gasteiger partial charge < -0.3 is 5.11 Å².